The van der Waals surface area contributed by atoms with Crippen molar-refractivity contribution in [2.24, 2.45) is 5.92 Å². The van der Waals surface area contributed by atoms with Crippen molar-refractivity contribution in [3.05, 3.63) is 70.2 Å². The molecule has 0 amide bonds. The van der Waals surface area contributed by atoms with Gasteiger partial charge in [0.25, 0.3) is 5.56 Å². The van der Waals surface area contributed by atoms with E-state index in [4.69, 9.17) is 9.15 Å². The number of hydrogen-bond acceptors (Lipinski definition) is 8. The van der Waals surface area contributed by atoms with Crippen LogP contribution in [0.15, 0.2) is 51.9 Å². The summed E-state index contributed by atoms with van der Waals surface area (Å²) in [6, 6.07) is 11.1. The molecule has 10 heteroatoms. The van der Waals surface area contributed by atoms with Gasteiger partial charge in [-0.3, -0.25) is 9.69 Å². The van der Waals surface area contributed by atoms with Crippen LogP contribution in [-0.4, -0.2) is 55.0 Å². The first kappa shape index (κ1) is 24.6. The van der Waals surface area contributed by atoms with Gasteiger partial charge < -0.3 is 19.2 Å². The second-order valence-corrected chi connectivity index (χ2v) is 8.82. The first-order valence-electron chi connectivity index (χ1n) is 11.9. The molecular weight excluding hydrogens is 448 g/mol. The maximum Gasteiger partial charge on any atom is 0.252 e. The monoisotopic (exact) mass is 480 g/mol. The Balaban J connectivity index is 1.69. The van der Waals surface area contributed by atoms with E-state index in [-0.39, 0.29) is 24.1 Å². The molecule has 4 aromatic rings. The van der Waals surface area contributed by atoms with Gasteiger partial charge in [0.2, 0.25) is 0 Å². The number of ether oxygens (including phenoxy) is 1. The van der Waals surface area contributed by atoms with Crippen LogP contribution in [0.2, 0.25) is 0 Å². The van der Waals surface area contributed by atoms with Gasteiger partial charge in [0.05, 0.1) is 18.9 Å². The van der Waals surface area contributed by atoms with E-state index >= 15 is 0 Å². The van der Waals surface area contributed by atoms with Gasteiger partial charge in [-0.1, -0.05) is 13.8 Å². The number of nitrogens with one attached hydrogen (secondary N) is 1. The Morgan fingerprint density at radius 1 is 1.26 bits per heavy atom. The van der Waals surface area contributed by atoms with Crippen LogP contribution in [-0.2, 0) is 13.1 Å². The largest absolute Gasteiger partial charge is 0.494 e. The quantitative estimate of drug-likeness (QED) is 0.317. The number of tetrazole rings is 1. The Bertz CT molecular complexity index is 1280. The lowest BCUT2D eigenvalue weighted by Crippen LogP contribution is -2.36. The van der Waals surface area contributed by atoms with E-state index in [1.165, 1.54) is 0 Å². The average Bonchev–Trinajstić information content (AvgIpc) is 3.51. The van der Waals surface area contributed by atoms with Crippen molar-refractivity contribution in [1.29, 1.82) is 0 Å². The molecule has 2 N–H and O–H groups in total. The number of aliphatic hydroxyl groups excluding tert-OH is 1. The van der Waals surface area contributed by atoms with Crippen molar-refractivity contribution in [3.8, 4) is 5.75 Å². The van der Waals surface area contributed by atoms with Crippen molar-refractivity contribution < 1.29 is 14.3 Å². The highest BCUT2D eigenvalue weighted by Crippen LogP contribution is 2.29. The van der Waals surface area contributed by atoms with Gasteiger partial charge in [-0.25, -0.2) is 4.68 Å². The van der Waals surface area contributed by atoms with Crippen LogP contribution in [0.3, 0.4) is 0 Å². The number of hydrogen-bond donors (Lipinski definition) is 2. The fourth-order valence-electron chi connectivity index (χ4n) is 4.38. The smallest absolute Gasteiger partial charge is 0.252 e. The Morgan fingerprint density at radius 3 is 2.83 bits per heavy atom. The molecule has 0 fully saturated rings. The molecule has 0 saturated heterocycles. The fraction of sp³-hybridized carbons (Fsp3) is 0.440. The van der Waals surface area contributed by atoms with Crippen molar-refractivity contribution in [3.63, 3.8) is 0 Å². The number of nitrogens with zero attached hydrogens (tertiary/aromatic N) is 5. The minimum absolute atomic E-state index is 0.0461. The topological polar surface area (TPSA) is 122 Å². The number of aromatic nitrogens is 5. The van der Waals surface area contributed by atoms with Gasteiger partial charge in [-0.15, -0.1) is 5.10 Å². The normalized spacial score (nSPS) is 12.6. The molecule has 0 saturated carbocycles. The summed E-state index contributed by atoms with van der Waals surface area (Å²) in [5.41, 5.74) is 1.24. The van der Waals surface area contributed by atoms with Gasteiger partial charge in [0, 0.05) is 36.2 Å². The number of furan rings is 1. The lowest BCUT2D eigenvalue weighted by molar-refractivity contribution is 0.122. The lowest BCUT2D eigenvalue weighted by atomic mass is 10.00. The minimum Gasteiger partial charge on any atom is -0.494 e. The molecule has 0 spiro atoms. The van der Waals surface area contributed by atoms with Crippen molar-refractivity contribution in [2.75, 3.05) is 19.8 Å². The van der Waals surface area contributed by atoms with E-state index in [1.54, 1.807) is 10.9 Å². The molecular formula is C25H32N6O4. The molecule has 0 aliphatic heterocycles. The number of aromatic amines is 1. The molecule has 0 radical (unpaired) electrons. The maximum atomic E-state index is 13.0. The Labute approximate surface area is 203 Å². The lowest BCUT2D eigenvalue weighted by Gasteiger charge is -2.33. The van der Waals surface area contributed by atoms with Crippen LogP contribution < -0.4 is 10.3 Å². The second kappa shape index (κ2) is 11.3. The number of H-pyrrole nitrogens is 1. The average molecular weight is 481 g/mol. The van der Waals surface area contributed by atoms with Crippen LogP contribution in [0.4, 0.5) is 0 Å². The van der Waals surface area contributed by atoms with Crippen LogP contribution in [0.5, 0.6) is 5.75 Å². The van der Waals surface area contributed by atoms with Crippen molar-refractivity contribution in [2.45, 2.75) is 46.3 Å². The maximum absolute atomic E-state index is 13.0. The summed E-state index contributed by atoms with van der Waals surface area (Å²) in [7, 11) is 0. The summed E-state index contributed by atoms with van der Waals surface area (Å²) in [5.74, 6) is 2.33. The number of fused-ring (bicyclic) bond motifs is 1. The first-order chi connectivity index (χ1) is 17.0. The Hall–Kier alpha value is -3.50. The van der Waals surface area contributed by atoms with Crippen LogP contribution in [0.25, 0.3) is 10.9 Å². The van der Waals surface area contributed by atoms with Gasteiger partial charge in [-0.2, -0.15) is 0 Å². The second-order valence-electron chi connectivity index (χ2n) is 8.82. The number of benzene rings is 1. The first-order valence-corrected chi connectivity index (χ1v) is 11.9. The summed E-state index contributed by atoms with van der Waals surface area (Å²) in [6.45, 7) is 8.10. The fourth-order valence-corrected chi connectivity index (χ4v) is 4.38. The summed E-state index contributed by atoms with van der Waals surface area (Å²) in [6.07, 6.45) is 2.18. The predicted molar refractivity (Wildman–Crippen MR) is 131 cm³/mol. The standard InChI is InChI=1S/C25H32N6O4/c1-4-34-20-8-9-22-18(14-20)13-19(25(33)26-22)15-30(10-6-11-32)23(17(2)3)24-27-28-29-31(24)16-21-7-5-12-35-21/h5,7-9,12-14,17,23,32H,4,6,10-11,15-16H2,1-3H3,(H,26,33)/t23-/m1/s1. The number of aliphatic hydroxyl groups is 1. The number of pyridine rings is 1. The summed E-state index contributed by atoms with van der Waals surface area (Å²) >= 11 is 0. The van der Waals surface area contributed by atoms with E-state index in [9.17, 15) is 9.90 Å². The number of rotatable bonds is 12. The molecule has 1 aromatic carbocycles. The van der Waals surface area contributed by atoms with Crippen LogP contribution >= 0.6 is 0 Å². The van der Waals surface area contributed by atoms with Crippen molar-refractivity contribution in [1.82, 2.24) is 30.1 Å². The zero-order valence-electron chi connectivity index (χ0n) is 20.3. The highest BCUT2D eigenvalue weighted by Gasteiger charge is 2.30. The van der Waals surface area contributed by atoms with Crippen LogP contribution in [0.1, 0.15) is 50.4 Å². The molecule has 3 heterocycles. The molecule has 0 aliphatic rings. The molecule has 186 valence electrons. The van der Waals surface area contributed by atoms with E-state index in [0.717, 1.165) is 22.4 Å². The molecule has 35 heavy (non-hydrogen) atoms. The van der Waals surface area contributed by atoms with Crippen molar-refractivity contribution >= 4 is 10.9 Å². The van der Waals surface area contributed by atoms with Gasteiger partial charge in [-0.05, 0) is 66.1 Å². The predicted octanol–water partition coefficient (Wildman–Crippen LogP) is 3.14. The highest BCUT2D eigenvalue weighted by molar-refractivity contribution is 5.80. The Morgan fingerprint density at radius 2 is 2.11 bits per heavy atom. The molecule has 0 unspecified atom stereocenters. The summed E-state index contributed by atoms with van der Waals surface area (Å²) < 4.78 is 12.8. The molecule has 4 rings (SSSR count). The molecule has 0 aliphatic carbocycles. The van der Waals surface area contributed by atoms with Crippen LogP contribution in [0, 0.1) is 5.92 Å². The third kappa shape index (κ3) is 5.77. The van der Waals surface area contributed by atoms with Gasteiger partial charge >= 0.3 is 0 Å². The highest BCUT2D eigenvalue weighted by atomic mass is 16.5. The zero-order chi connectivity index (χ0) is 24.8. The van der Waals surface area contributed by atoms with E-state index in [0.29, 0.717) is 44.0 Å². The Kier molecular flexibility index (Phi) is 7.94. The zero-order valence-corrected chi connectivity index (χ0v) is 20.3. The van der Waals surface area contributed by atoms with E-state index < -0.39 is 0 Å². The molecule has 0 bridgehead atoms. The molecule has 10 nitrogen and oxygen atoms in total. The van der Waals surface area contributed by atoms with Gasteiger partial charge in [0.1, 0.15) is 18.1 Å². The summed E-state index contributed by atoms with van der Waals surface area (Å²) in [4.78, 5) is 18.1. The van der Waals surface area contributed by atoms with Gasteiger partial charge in [0.15, 0.2) is 5.82 Å². The van der Waals surface area contributed by atoms with E-state index in [2.05, 4.69) is 39.3 Å². The molecule has 3 aromatic heterocycles. The summed E-state index contributed by atoms with van der Waals surface area (Å²) in [5, 5.41) is 22.9. The third-order valence-electron chi connectivity index (χ3n) is 5.92. The molecule has 1 atom stereocenters. The minimum atomic E-state index is -0.184. The van der Waals surface area contributed by atoms with E-state index in [1.807, 2.05) is 43.3 Å². The third-order valence-corrected chi connectivity index (χ3v) is 5.92. The SMILES string of the molecule is CCOc1ccc2[nH]c(=O)c(CN(CCCO)[C@@H](c3nnnn3Cc3ccco3)C(C)C)cc2c1.